The zero-order valence-electron chi connectivity index (χ0n) is 15.2. The number of nitrogens with zero attached hydrogens (tertiary/aromatic N) is 2. The summed E-state index contributed by atoms with van der Waals surface area (Å²) in [5.74, 6) is -1.03. The molecule has 0 atom stereocenters. The Bertz CT molecular complexity index is 864. The van der Waals surface area contributed by atoms with Crippen molar-refractivity contribution in [3.63, 3.8) is 0 Å². The highest BCUT2D eigenvalue weighted by molar-refractivity contribution is 7.14. The van der Waals surface area contributed by atoms with Crippen LogP contribution in [-0.2, 0) is 9.53 Å². The van der Waals surface area contributed by atoms with Crippen LogP contribution in [0.2, 0.25) is 0 Å². The van der Waals surface area contributed by atoms with Crippen LogP contribution >= 0.6 is 11.3 Å². The fourth-order valence-electron chi connectivity index (χ4n) is 3.28. The van der Waals surface area contributed by atoms with E-state index >= 15 is 0 Å². The van der Waals surface area contributed by atoms with E-state index in [-0.39, 0.29) is 0 Å². The number of esters is 1. The van der Waals surface area contributed by atoms with E-state index in [2.05, 4.69) is 16.4 Å². The number of aryl methyl sites for hydroxylation is 1. The molecule has 7 heteroatoms. The molecule has 2 aromatic rings. The first-order chi connectivity index (χ1) is 13.0. The van der Waals surface area contributed by atoms with Gasteiger partial charge in [0.1, 0.15) is 10.4 Å². The SMILES string of the molecule is Cc1nc(-c2ccccc2)c(C(=O)OCC(=O)NC2(C#N)CCCCC2)s1. The largest absolute Gasteiger partial charge is 0.451 e. The molecule has 1 aliphatic carbocycles. The smallest absolute Gasteiger partial charge is 0.351 e. The normalized spacial score (nSPS) is 15.6. The molecule has 1 N–H and O–H groups in total. The molecule has 6 nitrogen and oxygen atoms in total. The minimum atomic E-state index is -0.835. The van der Waals surface area contributed by atoms with Crippen LogP contribution < -0.4 is 5.32 Å². The van der Waals surface area contributed by atoms with E-state index < -0.39 is 24.0 Å². The Kier molecular flexibility index (Phi) is 5.87. The topological polar surface area (TPSA) is 92.1 Å². The maximum absolute atomic E-state index is 12.5. The number of ether oxygens (including phenoxy) is 1. The minimum Gasteiger partial charge on any atom is -0.451 e. The average molecular weight is 383 g/mol. The molecule has 0 spiro atoms. The molecule has 0 bridgehead atoms. The fraction of sp³-hybridized carbons (Fsp3) is 0.400. The van der Waals surface area contributed by atoms with Crippen LogP contribution in [-0.4, -0.2) is 29.0 Å². The zero-order chi connectivity index (χ0) is 19.3. The predicted octanol–water partition coefficient (Wildman–Crippen LogP) is 3.62. The van der Waals surface area contributed by atoms with Gasteiger partial charge in [-0.2, -0.15) is 5.26 Å². The van der Waals surface area contributed by atoms with Gasteiger partial charge in [0.05, 0.1) is 16.8 Å². The van der Waals surface area contributed by atoms with Crippen LogP contribution in [0, 0.1) is 18.3 Å². The van der Waals surface area contributed by atoms with Gasteiger partial charge in [-0.15, -0.1) is 11.3 Å². The summed E-state index contributed by atoms with van der Waals surface area (Å²) < 4.78 is 5.21. The molecule has 1 aromatic carbocycles. The lowest BCUT2D eigenvalue weighted by Gasteiger charge is -2.31. The van der Waals surface area contributed by atoms with Crippen molar-refractivity contribution in [2.75, 3.05) is 6.61 Å². The third kappa shape index (κ3) is 4.52. The molecule has 1 amide bonds. The molecule has 1 aliphatic rings. The number of hydrogen-bond acceptors (Lipinski definition) is 6. The van der Waals surface area contributed by atoms with Crippen molar-refractivity contribution in [1.82, 2.24) is 10.3 Å². The first kappa shape index (κ1) is 19.1. The lowest BCUT2D eigenvalue weighted by molar-refractivity contribution is -0.125. The molecular weight excluding hydrogens is 362 g/mol. The molecule has 1 fully saturated rings. The number of carbonyl (C=O) groups excluding carboxylic acids is 2. The molecule has 0 aliphatic heterocycles. The van der Waals surface area contributed by atoms with Crippen molar-refractivity contribution in [2.45, 2.75) is 44.6 Å². The number of nitrogens with one attached hydrogen (secondary N) is 1. The van der Waals surface area contributed by atoms with Gasteiger partial charge in [-0.1, -0.05) is 49.6 Å². The summed E-state index contributed by atoms with van der Waals surface area (Å²) in [7, 11) is 0. The highest BCUT2D eigenvalue weighted by atomic mass is 32.1. The first-order valence-electron chi connectivity index (χ1n) is 8.95. The van der Waals surface area contributed by atoms with E-state index in [4.69, 9.17) is 4.74 Å². The van der Waals surface area contributed by atoms with Crippen LogP contribution in [0.1, 0.15) is 46.8 Å². The number of aromatic nitrogens is 1. The molecule has 1 saturated carbocycles. The second-order valence-corrected chi connectivity index (χ2v) is 7.86. The van der Waals surface area contributed by atoms with Crippen LogP contribution in [0.15, 0.2) is 30.3 Å². The summed E-state index contributed by atoms with van der Waals surface area (Å²) in [6.45, 7) is 1.41. The van der Waals surface area contributed by atoms with E-state index in [1.165, 1.54) is 11.3 Å². The van der Waals surface area contributed by atoms with Gasteiger partial charge in [0.15, 0.2) is 6.61 Å². The van der Waals surface area contributed by atoms with Crippen molar-refractivity contribution in [1.29, 1.82) is 5.26 Å². The van der Waals surface area contributed by atoms with Crippen LogP contribution in [0.4, 0.5) is 0 Å². The average Bonchev–Trinajstić information content (AvgIpc) is 3.09. The van der Waals surface area contributed by atoms with Gasteiger partial charge in [0.2, 0.25) is 0 Å². The Morgan fingerprint density at radius 2 is 1.96 bits per heavy atom. The molecule has 3 rings (SSSR count). The van der Waals surface area contributed by atoms with E-state index in [1.54, 1.807) is 0 Å². The van der Waals surface area contributed by atoms with Gasteiger partial charge < -0.3 is 10.1 Å². The molecule has 140 valence electrons. The Morgan fingerprint density at radius 1 is 1.26 bits per heavy atom. The standard InChI is InChI=1S/C20H21N3O3S/c1-14-22-17(15-8-4-2-5-9-15)18(27-14)19(25)26-12-16(24)23-20(13-21)10-6-3-7-11-20/h2,4-5,8-9H,3,6-7,10-12H2,1H3,(H,23,24). The van der Waals surface area contributed by atoms with Crippen molar-refractivity contribution in [3.05, 3.63) is 40.2 Å². The summed E-state index contributed by atoms with van der Waals surface area (Å²) in [5.41, 5.74) is 0.547. The molecule has 0 saturated heterocycles. The van der Waals surface area contributed by atoms with Crippen molar-refractivity contribution in [2.24, 2.45) is 0 Å². The third-order valence-corrected chi connectivity index (χ3v) is 5.55. The second-order valence-electron chi connectivity index (χ2n) is 6.66. The van der Waals surface area contributed by atoms with Crippen molar-refractivity contribution >= 4 is 23.2 Å². The molecule has 0 unspecified atom stereocenters. The summed E-state index contributed by atoms with van der Waals surface area (Å²) in [6.07, 6.45) is 4.16. The first-order valence-corrected chi connectivity index (χ1v) is 9.77. The summed E-state index contributed by atoms with van der Waals surface area (Å²) in [6, 6.07) is 11.6. The zero-order valence-corrected chi connectivity index (χ0v) is 16.0. The summed E-state index contributed by atoms with van der Waals surface area (Å²) >= 11 is 1.24. The quantitative estimate of drug-likeness (QED) is 0.796. The number of hydrogen-bond donors (Lipinski definition) is 1. The summed E-state index contributed by atoms with van der Waals surface area (Å²) in [4.78, 5) is 29.5. The monoisotopic (exact) mass is 383 g/mol. The van der Waals surface area contributed by atoms with E-state index in [0.717, 1.165) is 29.8 Å². The van der Waals surface area contributed by atoms with Crippen LogP contribution in [0.5, 0.6) is 0 Å². The predicted molar refractivity (Wildman–Crippen MR) is 102 cm³/mol. The van der Waals surface area contributed by atoms with Gasteiger partial charge in [0, 0.05) is 5.56 Å². The molecule has 0 radical (unpaired) electrons. The third-order valence-electron chi connectivity index (χ3n) is 4.60. The lowest BCUT2D eigenvalue weighted by Crippen LogP contribution is -2.50. The molecule has 1 aromatic heterocycles. The van der Waals surface area contributed by atoms with Gasteiger partial charge in [0.25, 0.3) is 5.91 Å². The fourth-order valence-corrected chi connectivity index (χ4v) is 4.11. The molecule has 1 heterocycles. The number of nitriles is 1. The van der Waals surface area contributed by atoms with Gasteiger partial charge in [-0.05, 0) is 19.8 Å². The Hall–Kier alpha value is -2.72. The van der Waals surface area contributed by atoms with Crippen molar-refractivity contribution in [3.8, 4) is 17.3 Å². The van der Waals surface area contributed by atoms with Gasteiger partial charge in [-0.3, -0.25) is 4.79 Å². The van der Waals surface area contributed by atoms with Crippen LogP contribution in [0.3, 0.4) is 0 Å². The van der Waals surface area contributed by atoms with Gasteiger partial charge >= 0.3 is 5.97 Å². The maximum atomic E-state index is 12.5. The number of benzene rings is 1. The van der Waals surface area contributed by atoms with E-state index in [1.807, 2.05) is 37.3 Å². The number of thiazole rings is 1. The minimum absolute atomic E-state index is 0.374. The summed E-state index contributed by atoms with van der Waals surface area (Å²) in [5, 5.41) is 12.9. The maximum Gasteiger partial charge on any atom is 0.351 e. The Morgan fingerprint density at radius 3 is 2.63 bits per heavy atom. The highest BCUT2D eigenvalue weighted by Crippen LogP contribution is 2.29. The van der Waals surface area contributed by atoms with Crippen molar-refractivity contribution < 1.29 is 14.3 Å². The Labute approximate surface area is 162 Å². The number of rotatable bonds is 5. The lowest BCUT2D eigenvalue weighted by atomic mass is 9.83. The number of amides is 1. The second kappa shape index (κ2) is 8.31. The molecule has 27 heavy (non-hydrogen) atoms. The van der Waals surface area contributed by atoms with Gasteiger partial charge in [-0.25, -0.2) is 9.78 Å². The number of carbonyl (C=O) groups is 2. The molecular formula is C20H21N3O3S. The van der Waals surface area contributed by atoms with E-state index in [0.29, 0.717) is 23.4 Å². The Balaban J connectivity index is 1.65. The highest BCUT2D eigenvalue weighted by Gasteiger charge is 2.33. The van der Waals surface area contributed by atoms with Crippen LogP contribution in [0.25, 0.3) is 11.3 Å². The van der Waals surface area contributed by atoms with E-state index in [9.17, 15) is 14.9 Å².